The van der Waals surface area contributed by atoms with Crippen molar-refractivity contribution in [3.8, 4) is 0 Å². The third-order valence-corrected chi connectivity index (χ3v) is 4.06. The van der Waals surface area contributed by atoms with Gasteiger partial charge in [-0.25, -0.2) is 4.98 Å². The third-order valence-electron chi connectivity index (χ3n) is 3.31. The minimum atomic E-state index is 0.0654. The maximum absolute atomic E-state index is 12.2. The molecule has 0 saturated heterocycles. The Labute approximate surface area is 110 Å². The Morgan fingerprint density at radius 2 is 2.12 bits per heavy atom. The summed E-state index contributed by atoms with van der Waals surface area (Å²) in [4.78, 5) is 16.6. The monoisotopic (exact) mass is 298 g/mol. The van der Waals surface area contributed by atoms with Gasteiger partial charge >= 0.3 is 0 Å². The lowest BCUT2D eigenvalue weighted by Crippen LogP contribution is -2.25. The highest BCUT2D eigenvalue weighted by Gasteiger charge is 2.22. The minimum Gasteiger partial charge on any atom is -0.298 e. The van der Waals surface area contributed by atoms with Gasteiger partial charge in [0.2, 0.25) is 0 Å². The number of nitrogens with zero attached hydrogens (tertiary/aromatic N) is 2. The summed E-state index contributed by atoms with van der Waals surface area (Å²) in [7, 11) is 0. The molecule has 0 spiro atoms. The zero-order chi connectivity index (χ0) is 12.4. The lowest BCUT2D eigenvalue weighted by molar-refractivity contribution is 0.499. The van der Waals surface area contributed by atoms with Crippen LogP contribution >= 0.6 is 15.9 Å². The predicted octanol–water partition coefficient (Wildman–Crippen LogP) is 3.32. The fraction of sp³-hybridized carbons (Fsp3) is 0.692. The summed E-state index contributed by atoms with van der Waals surface area (Å²) in [5.74, 6) is 0.935. The van der Waals surface area contributed by atoms with E-state index in [2.05, 4.69) is 34.8 Å². The standard InChI is InChI=1S/C13H19BrN2O/c1-9(2)7-16-8-15-12(11(14)13(16)17)10-5-3-4-6-10/h8-10H,3-7H2,1-2H3. The Kier molecular flexibility index (Phi) is 4.02. The quantitative estimate of drug-likeness (QED) is 0.858. The average molecular weight is 299 g/mol. The van der Waals surface area contributed by atoms with E-state index >= 15 is 0 Å². The van der Waals surface area contributed by atoms with Crippen LogP contribution in [-0.2, 0) is 6.54 Å². The molecule has 17 heavy (non-hydrogen) atoms. The van der Waals surface area contributed by atoms with Crippen molar-refractivity contribution < 1.29 is 0 Å². The first-order chi connectivity index (χ1) is 8.09. The molecule has 4 heteroatoms. The highest BCUT2D eigenvalue weighted by atomic mass is 79.9. The molecule has 0 atom stereocenters. The molecule has 0 aromatic carbocycles. The Morgan fingerprint density at radius 3 is 2.71 bits per heavy atom. The molecule has 1 heterocycles. The molecule has 0 radical (unpaired) electrons. The van der Waals surface area contributed by atoms with E-state index in [4.69, 9.17) is 0 Å². The summed E-state index contributed by atoms with van der Waals surface area (Å²) in [6.45, 7) is 4.94. The van der Waals surface area contributed by atoms with Crippen LogP contribution in [0.25, 0.3) is 0 Å². The van der Waals surface area contributed by atoms with Crippen molar-refractivity contribution in [2.24, 2.45) is 5.92 Å². The molecule has 0 amide bonds. The lowest BCUT2D eigenvalue weighted by atomic mass is 10.0. The van der Waals surface area contributed by atoms with Crippen LogP contribution in [0.4, 0.5) is 0 Å². The van der Waals surface area contributed by atoms with Crippen LogP contribution in [0.2, 0.25) is 0 Å². The minimum absolute atomic E-state index is 0.0654. The molecule has 1 aromatic heterocycles. The summed E-state index contributed by atoms with van der Waals surface area (Å²) >= 11 is 3.44. The molecule has 1 aliphatic carbocycles. The highest BCUT2D eigenvalue weighted by Crippen LogP contribution is 2.35. The second-order valence-corrected chi connectivity index (χ2v) is 6.07. The van der Waals surface area contributed by atoms with Gasteiger partial charge in [-0.2, -0.15) is 0 Å². The van der Waals surface area contributed by atoms with E-state index in [0.717, 1.165) is 12.2 Å². The molecule has 1 saturated carbocycles. The zero-order valence-corrected chi connectivity index (χ0v) is 12.0. The first-order valence-corrected chi connectivity index (χ1v) is 7.13. The Balaban J connectivity index is 2.32. The van der Waals surface area contributed by atoms with Crippen LogP contribution in [0.3, 0.4) is 0 Å². The molecule has 1 aliphatic rings. The Hall–Kier alpha value is -0.640. The van der Waals surface area contributed by atoms with Crippen molar-refractivity contribution >= 4 is 15.9 Å². The molecule has 0 bridgehead atoms. The fourth-order valence-corrected chi connectivity index (χ4v) is 3.14. The summed E-state index contributed by atoms with van der Waals surface area (Å²) in [5, 5.41) is 0. The number of aromatic nitrogens is 2. The summed E-state index contributed by atoms with van der Waals surface area (Å²) < 4.78 is 2.38. The fourth-order valence-electron chi connectivity index (χ4n) is 2.48. The molecular formula is C13H19BrN2O. The average Bonchev–Trinajstić information content (AvgIpc) is 2.78. The molecule has 0 unspecified atom stereocenters. The van der Waals surface area contributed by atoms with Crippen LogP contribution in [0, 0.1) is 5.92 Å². The molecule has 94 valence electrons. The summed E-state index contributed by atoms with van der Waals surface area (Å²) in [6, 6.07) is 0. The first-order valence-electron chi connectivity index (χ1n) is 6.34. The smallest absolute Gasteiger partial charge is 0.267 e. The molecular weight excluding hydrogens is 280 g/mol. The van der Waals surface area contributed by atoms with Crippen molar-refractivity contribution in [1.29, 1.82) is 0 Å². The van der Waals surface area contributed by atoms with E-state index in [1.807, 2.05) is 0 Å². The number of hydrogen-bond acceptors (Lipinski definition) is 2. The Bertz CT molecular complexity index is 447. The lowest BCUT2D eigenvalue weighted by Gasteiger charge is -2.13. The van der Waals surface area contributed by atoms with Gasteiger partial charge in [-0.3, -0.25) is 9.36 Å². The largest absolute Gasteiger partial charge is 0.298 e. The zero-order valence-electron chi connectivity index (χ0n) is 10.4. The number of hydrogen-bond donors (Lipinski definition) is 0. The number of rotatable bonds is 3. The van der Waals surface area contributed by atoms with Crippen LogP contribution in [0.1, 0.15) is 51.1 Å². The maximum atomic E-state index is 12.2. The first kappa shape index (κ1) is 12.8. The van der Waals surface area contributed by atoms with Crippen molar-refractivity contribution in [1.82, 2.24) is 9.55 Å². The van der Waals surface area contributed by atoms with E-state index in [9.17, 15) is 4.79 Å². The van der Waals surface area contributed by atoms with E-state index in [1.165, 1.54) is 25.7 Å². The SMILES string of the molecule is CC(C)Cn1cnc(C2CCCC2)c(Br)c1=O. The topological polar surface area (TPSA) is 34.9 Å². The van der Waals surface area contributed by atoms with Crippen LogP contribution < -0.4 is 5.56 Å². The van der Waals surface area contributed by atoms with Crippen LogP contribution in [-0.4, -0.2) is 9.55 Å². The van der Waals surface area contributed by atoms with Gasteiger partial charge in [0.05, 0.1) is 12.0 Å². The second kappa shape index (κ2) is 5.34. The van der Waals surface area contributed by atoms with Gasteiger partial charge in [-0.05, 0) is 34.7 Å². The Morgan fingerprint density at radius 1 is 1.47 bits per heavy atom. The van der Waals surface area contributed by atoms with Crippen molar-refractivity contribution in [3.63, 3.8) is 0 Å². The molecule has 0 N–H and O–H groups in total. The van der Waals surface area contributed by atoms with Gasteiger partial charge in [0.25, 0.3) is 5.56 Å². The van der Waals surface area contributed by atoms with Gasteiger partial charge in [0, 0.05) is 12.5 Å². The summed E-state index contributed by atoms with van der Waals surface area (Å²) in [5.41, 5.74) is 1.03. The highest BCUT2D eigenvalue weighted by molar-refractivity contribution is 9.10. The van der Waals surface area contributed by atoms with E-state index < -0.39 is 0 Å². The molecule has 2 rings (SSSR count). The normalized spacial score (nSPS) is 16.9. The molecule has 0 aliphatic heterocycles. The summed E-state index contributed by atoms with van der Waals surface area (Å²) in [6.07, 6.45) is 6.56. The van der Waals surface area contributed by atoms with Crippen LogP contribution in [0.5, 0.6) is 0 Å². The molecule has 1 fully saturated rings. The van der Waals surface area contributed by atoms with Gasteiger partial charge in [0.1, 0.15) is 4.47 Å². The van der Waals surface area contributed by atoms with Gasteiger partial charge in [0.15, 0.2) is 0 Å². The van der Waals surface area contributed by atoms with Gasteiger partial charge in [-0.15, -0.1) is 0 Å². The van der Waals surface area contributed by atoms with E-state index in [1.54, 1.807) is 10.9 Å². The number of halogens is 1. The second-order valence-electron chi connectivity index (χ2n) is 5.28. The van der Waals surface area contributed by atoms with Gasteiger partial charge < -0.3 is 0 Å². The van der Waals surface area contributed by atoms with Gasteiger partial charge in [-0.1, -0.05) is 26.7 Å². The van der Waals surface area contributed by atoms with E-state index in [0.29, 0.717) is 16.3 Å². The predicted molar refractivity (Wildman–Crippen MR) is 72.2 cm³/mol. The van der Waals surface area contributed by atoms with Crippen molar-refractivity contribution in [3.05, 3.63) is 26.8 Å². The van der Waals surface area contributed by atoms with Crippen LogP contribution in [0.15, 0.2) is 15.6 Å². The third kappa shape index (κ3) is 2.79. The van der Waals surface area contributed by atoms with E-state index in [-0.39, 0.29) is 5.56 Å². The van der Waals surface area contributed by atoms with Crippen molar-refractivity contribution in [2.75, 3.05) is 0 Å². The molecule has 1 aromatic rings. The maximum Gasteiger partial charge on any atom is 0.267 e. The van der Waals surface area contributed by atoms with Crippen molar-refractivity contribution in [2.45, 2.75) is 52.0 Å². The molecule has 3 nitrogen and oxygen atoms in total.